The molecule has 0 aromatic heterocycles. The molecule has 1 heteroatoms. The quantitative estimate of drug-likeness (QED) is 0.546. The Balaban J connectivity index is 1.64. The van der Waals surface area contributed by atoms with E-state index in [1.807, 2.05) is 12.1 Å². The van der Waals surface area contributed by atoms with Crippen molar-refractivity contribution < 1.29 is 4.74 Å². The minimum absolute atomic E-state index is 0.731. The second-order valence-electron chi connectivity index (χ2n) is 4.17. The molecule has 0 aliphatic carbocycles. The molecule has 0 saturated carbocycles. The average molecular weight is 238 g/mol. The molecule has 0 N–H and O–H groups in total. The molecule has 0 fully saturated rings. The van der Waals surface area contributed by atoms with Gasteiger partial charge in [-0.25, -0.2) is 0 Å². The van der Waals surface area contributed by atoms with Crippen molar-refractivity contribution in [2.24, 2.45) is 0 Å². The first-order valence-corrected chi connectivity index (χ1v) is 6.29. The van der Waals surface area contributed by atoms with Crippen LogP contribution in [0.5, 0.6) is 0 Å². The Labute approximate surface area is 109 Å². The van der Waals surface area contributed by atoms with Gasteiger partial charge in [0.1, 0.15) is 0 Å². The summed E-state index contributed by atoms with van der Waals surface area (Å²) in [6.07, 6.45) is 5.74. The molecule has 0 heterocycles. The minimum atomic E-state index is 0.731. The minimum Gasteiger partial charge on any atom is -0.501 e. The van der Waals surface area contributed by atoms with Crippen molar-refractivity contribution in [2.45, 2.75) is 12.8 Å². The lowest BCUT2D eigenvalue weighted by Crippen LogP contribution is -1.93. The van der Waals surface area contributed by atoms with Crippen molar-refractivity contribution in [2.75, 3.05) is 6.61 Å². The average Bonchev–Trinajstić information content (AvgIpc) is 2.45. The van der Waals surface area contributed by atoms with Gasteiger partial charge in [0.2, 0.25) is 0 Å². The fraction of sp³-hybridized carbons (Fsp3) is 0.176. The Hall–Kier alpha value is -2.02. The van der Waals surface area contributed by atoms with Gasteiger partial charge in [-0.2, -0.15) is 0 Å². The maximum absolute atomic E-state index is 5.48. The Morgan fingerprint density at radius 1 is 0.778 bits per heavy atom. The van der Waals surface area contributed by atoms with E-state index in [9.17, 15) is 0 Å². The molecule has 0 radical (unpaired) electrons. The summed E-state index contributed by atoms with van der Waals surface area (Å²) in [7, 11) is 0. The first kappa shape index (κ1) is 12.4. The lowest BCUT2D eigenvalue weighted by atomic mass is 10.1. The number of hydrogen-bond donors (Lipinski definition) is 0. The molecule has 0 bridgehead atoms. The Kier molecular flexibility index (Phi) is 5.07. The van der Waals surface area contributed by atoms with Gasteiger partial charge in [0.15, 0.2) is 0 Å². The highest BCUT2D eigenvalue weighted by molar-refractivity contribution is 5.17. The second kappa shape index (κ2) is 7.33. The summed E-state index contributed by atoms with van der Waals surface area (Å²) >= 11 is 0. The van der Waals surface area contributed by atoms with Crippen LogP contribution < -0.4 is 0 Å². The Morgan fingerprint density at radius 3 is 2.06 bits per heavy atom. The number of hydrogen-bond acceptors (Lipinski definition) is 1. The van der Waals surface area contributed by atoms with E-state index in [2.05, 4.69) is 54.6 Å². The molecule has 0 aliphatic rings. The SMILES string of the molecule is C(=COCCc1ccccc1)Cc1ccccc1. The summed E-state index contributed by atoms with van der Waals surface area (Å²) in [4.78, 5) is 0. The number of rotatable bonds is 6. The third kappa shape index (κ3) is 4.46. The highest BCUT2D eigenvalue weighted by atomic mass is 16.5. The highest BCUT2D eigenvalue weighted by Crippen LogP contribution is 2.01. The summed E-state index contributed by atoms with van der Waals surface area (Å²) in [6.45, 7) is 0.731. The maximum atomic E-state index is 5.48. The summed E-state index contributed by atoms with van der Waals surface area (Å²) in [5.74, 6) is 0. The molecule has 0 atom stereocenters. The van der Waals surface area contributed by atoms with Crippen LogP contribution in [-0.2, 0) is 17.6 Å². The van der Waals surface area contributed by atoms with E-state index in [1.165, 1.54) is 11.1 Å². The monoisotopic (exact) mass is 238 g/mol. The lowest BCUT2D eigenvalue weighted by Gasteiger charge is -2.01. The van der Waals surface area contributed by atoms with Gasteiger partial charge in [0.05, 0.1) is 12.9 Å². The number of allylic oxidation sites excluding steroid dienone is 1. The van der Waals surface area contributed by atoms with Gasteiger partial charge < -0.3 is 4.74 Å². The molecule has 0 spiro atoms. The Bertz CT molecular complexity index is 459. The zero-order valence-electron chi connectivity index (χ0n) is 10.5. The van der Waals surface area contributed by atoms with E-state index in [-0.39, 0.29) is 0 Å². The molecule has 92 valence electrons. The first-order valence-electron chi connectivity index (χ1n) is 6.29. The maximum Gasteiger partial charge on any atom is 0.0913 e. The molecule has 0 aliphatic heterocycles. The summed E-state index contributed by atoms with van der Waals surface area (Å²) in [6, 6.07) is 20.8. The molecule has 2 aromatic carbocycles. The van der Waals surface area contributed by atoms with Crippen LogP contribution in [0.3, 0.4) is 0 Å². The van der Waals surface area contributed by atoms with Gasteiger partial charge in [-0.05, 0) is 23.6 Å². The zero-order valence-corrected chi connectivity index (χ0v) is 10.5. The largest absolute Gasteiger partial charge is 0.501 e. The van der Waals surface area contributed by atoms with Crippen molar-refractivity contribution in [3.8, 4) is 0 Å². The molecule has 1 nitrogen and oxygen atoms in total. The van der Waals surface area contributed by atoms with Crippen LogP contribution in [0.1, 0.15) is 11.1 Å². The van der Waals surface area contributed by atoms with Crippen LogP contribution in [-0.4, -0.2) is 6.61 Å². The predicted molar refractivity (Wildman–Crippen MR) is 75.4 cm³/mol. The van der Waals surface area contributed by atoms with E-state index >= 15 is 0 Å². The fourth-order valence-electron chi connectivity index (χ4n) is 1.76. The van der Waals surface area contributed by atoms with Gasteiger partial charge in [0.25, 0.3) is 0 Å². The van der Waals surface area contributed by atoms with Crippen LogP contribution in [0.15, 0.2) is 73.0 Å². The van der Waals surface area contributed by atoms with Crippen molar-refractivity contribution in [3.05, 3.63) is 84.1 Å². The standard InChI is InChI=1S/C17H18O/c1-3-8-16(9-4-1)12-7-14-18-15-13-17-10-5-2-6-11-17/h1-11,14H,12-13,15H2. The molecule has 2 aromatic rings. The lowest BCUT2D eigenvalue weighted by molar-refractivity contribution is 0.253. The van der Waals surface area contributed by atoms with Crippen LogP contribution in [0.2, 0.25) is 0 Å². The number of ether oxygens (including phenoxy) is 1. The molecule has 0 saturated heterocycles. The van der Waals surface area contributed by atoms with Gasteiger partial charge in [-0.3, -0.25) is 0 Å². The van der Waals surface area contributed by atoms with E-state index in [0.29, 0.717) is 0 Å². The topological polar surface area (TPSA) is 9.23 Å². The van der Waals surface area contributed by atoms with E-state index in [1.54, 1.807) is 6.26 Å². The van der Waals surface area contributed by atoms with Crippen LogP contribution in [0.25, 0.3) is 0 Å². The van der Waals surface area contributed by atoms with Crippen LogP contribution in [0.4, 0.5) is 0 Å². The van der Waals surface area contributed by atoms with Gasteiger partial charge in [-0.15, -0.1) is 0 Å². The normalized spacial score (nSPS) is 10.7. The molecular weight excluding hydrogens is 220 g/mol. The third-order valence-electron chi connectivity index (χ3n) is 2.74. The summed E-state index contributed by atoms with van der Waals surface area (Å²) in [5, 5.41) is 0. The summed E-state index contributed by atoms with van der Waals surface area (Å²) in [5.41, 5.74) is 2.62. The van der Waals surface area contributed by atoms with Gasteiger partial charge >= 0.3 is 0 Å². The van der Waals surface area contributed by atoms with Crippen LogP contribution in [0, 0.1) is 0 Å². The summed E-state index contributed by atoms with van der Waals surface area (Å²) < 4.78 is 5.48. The van der Waals surface area contributed by atoms with Crippen LogP contribution >= 0.6 is 0 Å². The zero-order chi connectivity index (χ0) is 12.5. The van der Waals surface area contributed by atoms with Crippen molar-refractivity contribution >= 4 is 0 Å². The molecule has 0 amide bonds. The number of benzene rings is 2. The van der Waals surface area contributed by atoms with E-state index in [4.69, 9.17) is 4.74 Å². The van der Waals surface area contributed by atoms with Crippen molar-refractivity contribution in [3.63, 3.8) is 0 Å². The smallest absolute Gasteiger partial charge is 0.0913 e. The molecule has 2 rings (SSSR count). The van der Waals surface area contributed by atoms with Crippen molar-refractivity contribution in [1.82, 2.24) is 0 Å². The van der Waals surface area contributed by atoms with Gasteiger partial charge in [0, 0.05) is 6.42 Å². The second-order valence-corrected chi connectivity index (χ2v) is 4.17. The molecule has 18 heavy (non-hydrogen) atoms. The first-order chi connectivity index (χ1) is 8.95. The molecular formula is C17H18O. The third-order valence-corrected chi connectivity index (χ3v) is 2.74. The van der Waals surface area contributed by atoms with E-state index in [0.717, 1.165) is 19.4 Å². The van der Waals surface area contributed by atoms with E-state index < -0.39 is 0 Å². The predicted octanol–water partition coefficient (Wildman–Crippen LogP) is 4.00. The highest BCUT2D eigenvalue weighted by Gasteiger charge is 1.90. The Morgan fingerprint density at radius 2 is 1.39 bits per heavy atom. The van der Waals surface area contributed by atoms with Crippen molar-refractivity contribution in [1.29, 1.82) is 0 Å². The molecule has 0 unspecified atom stereocenters. The van der Waals surface area contributed by atoms with Gasteiger partial charge in [-0.1, -0.05) is 60.7 Å². The fourth-order valence-corrected chi connectivity index (χ4v) is 1.76.